The first-order chi connectivity index (χ1) is 9.65. The summed E-state index contributed by atoms with van der Waals surface area (Å²) in [6.07, 6.45) is 2.56. The number of carbonyl (C=O) groups is 2. The van der Waals surface area contributed by atoms with E-state index in [1.54, 1.807) is 17.0 Å². The molecule has 3 rings (SSSR count). The standard InChI is InChI=1S/C15H17ClN2O2/c16-12-9-14(19)18(10-12)13-5-3-11(4-6-13)15(20)17-7-1-2-8-17/h3-6,12H,1-2,7-10H2. The van der Waals surface area contributed by atoms with Gasteiger partial charge in [-0.15, -0.1) is 11.6 Å². The third-order valence-corrected chi connectivity index (χ3v) is 4.19. The molecule has 0 aromatic heterocycles. The number of rotatable bonds is 2. The van der Waals surface area contributed by atoms with Gasteiger partial charge in [-0.2, -0.15) is 0 Å². The number of amides is 2. The minimum atomic E-state index is -0.117. The molecule has 1 unspecified atom stereocenters. The summed E-state index contributed by atoms with van der Waals surface area (Å²) in [5.74, 6) is 0.126. The molecule has 2 fully saturated rings. The van der Waals surface area contributed by atoms with Crippen LogP contribution in [0.15, 0.2) is 24.3 Å². The van der Waals surface area contributed by atoms with Crippen LogP contribution in [-0.4, -0.2) is 41.7 Å². The SMILES string of the molecule is O=C(c1ccc(N2CC(Cl)CC2=O)cc1)N1CCCC1. The normalized spacial score (nSPS) is 22.6. The number of carbonyl (C=O) groups excluding carboxylic acids is 2. The monoisotopic (exact) mass is 292 g/mol. The van der Waals surface area contributed by atoms with Crippen molar-refractivity contribution < 1.29 is 9.59 Å². The van der Waals surface area contributed by atoms with E-state index >= 15 is 0 Å². The summed E-state index contributed by atoms with van der Waals surface area (Å²) >= 11 is 6.00. The molecule has 2 aliphatic heterocycles. The third-order valence-electron chi connectivity index (χ3n) is 3.90. The molecule has 0 saturated carbocycles. The second-order valence-corrected chi connectivity index (χ2v) is 5.97. The highest BCUT2D eigenvalue weighted by Crippen LogP contribution is 2.25. The Morgan fingerprint density at radius 2 is 1.80 bits per heavy atom. The minimum absolute atomic E-state index is 0.0450. The number of hydrogen-bond acceptors (Lipinski definition) is 2. The van der Waals surface area contributed by atoms with Gasteiger partial charge in [0.2, 0.25) is 5.91 Å². The minimum Gasteiger partial charge on any atom is -0.339 e. The Hall–Kier alpha value is -1.55. The van der Waals surface area contributed by atoms with Crippen molar-refractivity contribution >= 4 is 29.1 Å². The van der Waals surface area contributed by atoms with Crippen LogP contribution in [0.1, 0.15) is 29.6 Å². The van der Waals surface area contributed by atoms with E-state index in [1.807, 2.05) is 17.0 Å². The fraction of sp³-hybridized carbons (Fsp3) is 0.467. The summed E-state index contributed by atoms with van der Waals surface area (Å²) in [5, 5.41) is -0.117. The van der Waals surface area contributed by atoms with Gasteiger partial charge in [0.05, 0.1) is 5.38 Å². The van der Waals surface area contributed by atoms with Gasteiger partial charge in [0.15, 0.2) is 0 Å². The molecular formula is C15H17ClN2O2. The van der Waals surface area contributed by atoms with Gasteiger partial charge in [-0.25, -0.2) is 0 Å². The van der Waals surface area contributed by atoms with E-state index in [0.717, 1.165) is 31.6 Å². The summed E-state index contributed by atoms with van der Waals surface area (Å²) in [5.41, 5.74) is 1.50. The molecule has 106 valence electrons. The maximum Gasteiger partial charge on any atom is 0.253 e. The molecule has 1 aromatic carbocycles. The fourth-order valence-electron chi connectivity index (χ4n) is 2.80. The van der Waals surface area contributed by atoms with Crippen LogP contribution >= 0.6 is 11.6 Å². The lowest BCUT2D eigenvalue weighted by molar-refractivity contribution is -0.117. The zero-order chi connectivity index (χ0) is 14.1. The summed E-state index contributed by atoms with van der Waals surface area (Å²) < 4.78 is 0. The van der Waals surface area contributed by atoms with Gasteiger partial charge in [-0.1, -0.05) is 0 Å². The lowest BCUT2D eigenvalue weighted by Gasteiger charge is -2.18. The predicted octanol–water partition coefficient (Wildman–Crippen LogP) is 2.27. The smallest absolute Gasteiger partial charge is 0.253 e. The summed E-state index contributed by atoms with van der Waals surface area (Å²) in [4.78, 5) is 27.6. The van der Waals surface area contributed by atoms with Gasteiger partial charge >= 0.3 is 0 Å². The number of halogens is 1. The Balaban J connectivity index is 1.74. The molecule has 2 amide bonds. The molecule has 0 N–H and O–H groups in total. The fourth-order valence-corrected chi connectivity index (χ4v) is 3.07. The summed E-state index contributed by atoms with van der Waals surface area (Å²) in [6.45, 7) is 2.23. The van der Waals surface area contributed by atoms with Crippen molar-refractivity contribution in [3.05, 3.63) is 29.8 Å². The maximum atomic E-state index is 12.2. The van der Waals surface area contributed by atoms with Crippen LogP contribution in [0, 0.1) is 0 Å². The van der Waals surface area contributed by atoms with Crippen LogP contribution in [0.3, 0.4) is 0 Å². The van der Waals surface area contributed by atoms with E-state index in [-0.39, 0.29) is 17.2 Å². The number of benzene rings is 1. The predicted molar refractivity (Wildman–Crippen MR) is 78.2 cm³/mol. The molecule has 4 nitrogen and oxygen atoms in total. The number of nitrogens with zero attached hydrogens (tertiary/aromatic N) is 2. The molecule has 1 aromatic rings. The Morgan fingerprint density at radius 1 is 1.15 bits per heavy atom. The highest BCUT2D eigenvalue weighted by atomic mass is 35.5. The van der Waals surface area contributed by atoms with Gasteiger partial charge < -0.3 is 9.80 Å². The van der Waals surface area contributed by atoms with Gasteiger partial charge in [0, 0.05) is 37.3 Å². The van der Waals surface area contributed by atoms with Crippen LogP contribution in [0.4, 0.5) is 5.69 Å². The van der Waals surface area contributed by atoms with E-state index in [0.29, 0.717) is 18.5 Å². The summed E-state index contributed by atoms with van der Waals surface area (Å²) in [6, 6.07) is 7.25. The Morgan fingerprint density at radius 3 is 2.35 bits per heavy atom. The third kappa shape index (κ3) is 2.52. The number of anilines is 1. The van der Waals surface area contributed by atoms with Crippen molar-refractivity contribution in [3.8, 4) is 0 Å². The maximum absolute atomic E-state index is 12.2. The Kier molecular flexibility index (Phi) is 3.66. The molecule has 0 spiro atoms. The first kappa shape index (κ1) is 13.4. The molecule has 5 heteroatoms. The van der Waals surface area contributed by atoms with Gasteiger partial charge in [-0.3, -0.25) is 9.59 Å². The van der Waals surface area contributed by atoms with E-state index in [1.165, 1.54) is 0 Å². The zero-order valence-electron chi connectivity index (χ0n) is 11.2. The first-order valence-corrected chi connectivity index (χ1v) is 7.42. The molecule has 2 saturated heterocycles. The molecule has 2 aliphatic rings. The van der Waals surface area contributed by atoms with Gasteiger partial charge in [0.25, 0.3) is 5.91 Å². The largest absolute Gasteiger partial charge is 0.339 e. The molecule has 0 aliphatic carbocycles. The highest BCUT2D eigenvalue weighted by molar-refractivity contribution is 6.24. The van der Waals surface area contributed by atoms with E-state index < -0.39 is 0 Å². The molecule has 0 bridgehead atoms. The quantitative estimate of drug-likeness (QED) is 0.785. The van der Waals surface area contributed by atoms with Crippen LogP contribution in [0.25, 0.3) is 0 Å². The Bertz CT molecular complexity index is 523. The van der Waals surface area contributed by atoms with Crippen LogP contribution in [-0.2, 0) is 4.79 Å². The molecule has 2 heterocycles. The van der Waals surface area contributed by atoms with Crippen molar-refractivity contribution in [1.29, 1.82) is 0 Å². The second kappa shape index (κ2) is 5.44. The van der Waals surface area contributed by atoms with Crippen LogP contribution < -0.4 is 4.90 Å². The molecule has 20 heavy (non-hydrogen) atoms. The van der Waals surface area contributed by atoms with Gasteiger partial charge in [0.1, 0.15) is 0 Å². The van der Waals surface area contributed by atoms with Crippen molar-refractivity contribution in [1.82, 2.24) is 4.90 Å². The molecular weight excluding hydrogens is 276 g/mol. The van der Waals surface area contributed by atoms with Crippen LogP contribution in [0.2, 0.25) is 0 Å². The van der Waals surface area contributed by atoms with Crippen molar-refractivity contribution in [3.63, 3.8) is 0 Å². The highest BCUT2D eigenvalue weighted by Gasteiger charge is 2.29. The molecule has 0 radical (unpaired) electrons. The molecule has 1 atom stereocenters. The lowest BCUT2D eigenvalue weighted by atomic mass is 10.1. The summed E-state index contributed by atoms with van der Waals surface area (Å²) in [7, 11) is 0. The van der Waals surface area contributed by atoms with Crippen molar-refractivity contribution in [2.24, 2.45) is 0 Å². The van der Waals surface area contributed by atoms with E-state index in [2.05, 4.69) is 0 Å². The first-order valence-electron chi connectivity index (χ1n) is 6.99. The van der Waals surface area contributed by atoms with Crippen molar-refractivity contribution in [2.75, 3.05) is 24.5 Å². The Labute approximate surface area is 123 Å². The van der Waals surface area contributed by atoms with Crippen molar-refractivity contribution in [2.45, 2.75) is 24.6 Å². The van der Waals surface area contributed by atoms with Gasteiger partial charge in [-0.05, 0) is 37.1 Å². The number of alkyl halides is 1. The average Bonchev–Trinajstić information content (AvgIpc) is 3.08. The number of hydrogen-bond donors (Lipinski definition) is 0. The van der Waals surface area contributed by atoms with E-state index in [4.69, 9.17) is 11.6 Å². The van der Waals surface area contributed by atoms with E-state index in [9.17, 15) is 9.59 Å². The average molecular weight is 293 g/mol. The van der Waals surface area contributed by atoms with Crippen LogP contribution in [0.5, 0.6) is 0 Å². The lowest BCUT2D eigenvalue weighted by Crippen LogP contribution is -2.28. The second-order valence-electron chi connectivity index (χ2n) is 5.35. The topological polar surface area (TPSA) is 40.6 Å². The number of likely N-dealkylation sites (tertiary alicyclic amines) is 1. The zero-order valence-corrected chi connectivity index (χ0v) is 12.0.